The fraction of sp³-hybridized carbons (Fsp3) is 0.333. The molecule has 1 amide bonds. The van der Waals surface area contributed by atoms with Gasteiger partial charge in [-0.05, 0) is 25.5 Å². The van der Waals surface area contributed by atoms with Crippen LogP contribution in [0.4, 0.5) is 5.69 Å². The molecule has 0 bridgehead atoms. The van der Waals surface area contributed by atoms with Gasteiger partial charge in [-0.3, -0.25) is 4.79 Å². The van der Waals surface area contributed by atoms with Crippen LogP contribution >= 0.6 is 11.3 Å². The molecule has 106 valence electrons. The fourth-order valence-electron chi connectivity index (χ4n) is 1.91. The second-order valence-electron chi connectivity index (χ2n) is 4.56. The standard InChI is InChI=1S/C15H19N3OS/c1-4-11-8-17-14(20-11)9-18-15(19)12-7-10(2)5-6-13(12)16-3/h5-8,16H,4,9H2,1-3H3,(H,18,19). The van der Waals surface area contributed by atoms with Crippen molar-refractivity contribution < 1.29 is 4.79 Å². The average molecular weight is 289 g/mol. The molecule has 1 heterocycles. The fourth-order valence-corrected chi connectivity index (χ4v) is 2.71. The summed E-state index contributed by atoms with van der Waals surface area (Å²) in [5, 5.41) is 6.90. The summed E-state index contributed by atoms with van der Waals surface area (Å²) in [5.41, 5.74) is 2.57. The van der Waals surface area contributed by atoms with Gasteiger partial charge in [0.2, 0.25) is 0 Å². The van der Waals surface area contributed by atoms with Crippen LogP contribution in [0.2, 0.25) is 0 Å². The third-order valence-electron chi connectivity index (χ3n) is 3.04. The maximum Gasteiger partial charge on any atom is 0.253 e. The molecular weight excluding hydrogens is 270 g/mol. The van der Waals surface area contributed by atoms with Crippen molar-refractivity contribution in [1.82, 2.24) is 10.3 Å². The molecule has 0 saturated heterocycles. The van der Waals surface area contributed by atoms with E-state index in [-0.39, 0.29) is 5.91 Å². The lowest BCUT2D eigenvalue weighted by molar-refractivity contribution is 0.0951. The molecule has 1 aromatic carbocycles. The molecule has 0 aliphatic carbocycles. The van der Waals surface area contributed by atoms with E-state index in [0.717, 1.165) is 22.7 Å². The van der Waals surface area contributed by atoms with E-state index in [1.54, 1.807) is 11.3 Å². The van der Waals surface area contributed by atoms with Crippen molar-refractivity contribution in [2.24, 2.45) is 0 Å². The number of benzene rings is 1. The quantitative estimate of drug-likeness (QED) is 0.889. The highest BCUT2D eigenvalue weighted by Gasteiger charge is 2.11. The van der Waals surface area contributed by atoms with Crippen molar-refractivity contribution in [1.29, 1.82) is 0 Å². The second kappa shape index (κ2) is 6.52. The molecule has 0 fully saturated rings. The molecule has 2 aromatic rings. The van der Waals surface area contributed by atoms with Crippen LogP contribution in [-0.4, -0.2) is 17.9 Å². The number of rotatable bonds is 5. The summed E-state index contributed by atoms with van der Waals surface area (Å²) in [5.74, 6) is -0.0775. The number of carbonyl (C=O) groups is 1. The molecule has 0 atom stereocenters. The molecule has 0 saturated carbocycles. The first-order valence-electron chi connectivity index (χ1n) is 6.64. The van der Waals surface area contributed by atoms with Gasteiger partial charge in [-0.2, -0.15) is 0 Å². The van der Waals surface area contributed by atoms with Gasteiger partial charge in [0.1, 0.15) is 5.01 Å². The summed E-state index contributed by atoms with van der Waals surface area (Å²) in [6.07, 6.45) is 2.85. The van der Waals surface area contributed by atoms with E-state index in [4.69, 9.17) is 0 Å². The number of nitrogens with one attached hydrogen (secondary N) is 2. The monoisotopic (exact) mass is 289 g/mol. The van der Waals surface area contributed by atoms with Crippen molar-refractivity contribution in [3.05, 3.63) is 45.4 Å². The maximum absolute atomic E-state index is 12.3. The summed E-state index contributed by atoms with van der Waals surface area (Å²) in [6, 6.07) is 5.79. The lowest BCUT2D eigenvalue weighted by Gasteiger charge is -2.10. The molecule has 4 nitrogen and oxygen atoms in total. The van der Waals surface area contributed by atoms with Crippen LogP contribution in [0.15, 0.2) is 24.4 Å². The van der Waals surface area contributed by atoms with Crippen molar-refractivity contribution in [2.75, 3.05) is 12.4 Å². The normalized spacial score (nSPS) is 10.3. The maximum atomic E-state index is 12.3. The Labute approximate surface area is 123 Å². The number of carbonyl (C=O) groups excluding carboxylic acids is 1. The molecule has 0 aliphatic heterocycles. The van der Waals surface area contributed by atoms with Crippen LogP contribution in [0.1, 0.15) is 32.7 Å². The Morgan fingerprint density at radius 1 is 1.40 bits per heavy atom. The zero-order valence-electron chi connectivity index (χ0n) is 12.0. The minimum Gasteiger partial charge on any atom is -0.387 e. The smallest absolute Gasteiger partial charge is 0.253 e. The van der Waals surface area contributed by atoms with E-state index in [1.165, 1.54) is 4.88 Å². The van der Waals surface area contributed by atoms with Crippen molar-refractivity contribution in [2.45, 2.75) is 26.8 Å². The molecule has 5 heteroatoms. The highest BCUT2D eigenvalue weighted by atomic mass is 32.1. The van der Waals surface area contributed by atoms with Gasteiger partial charge in [0.05, 0.1) is 12.1 Å². The molecule has 2 rings (SSSR count). The van der Waals surface area contributed by atoms with Gasteiger partial charge >= 0.3 is 0 Å². The number of aryl methyl sites for hydroxylation is 2. The summed E-state index contributed by atoms with van der Waals surface area (Å²) >= 11 is 1.64. The van der Waals surface area contributed by atoms with Gasteiger partial charge in [-0.15, -0.1) is 11.3 Å². The Bertz CT molecular complexity index is 607. The number of hydrogen-bond acceptors (Lipinski definition) is 4. The van der Waals surface area contributed by atoms with Gasteiger partial charge in [-0.25, -0.2) is 4.98 Å². The largest absolute Gasteiger partial charge is 0.387 e. The minimum atomic E-state index is -0.0775. The Morgan fingerprint density at radius 3 is 2.85 bits per heavy atom. The average Bonchev–Trinajstić information content (AvgIpc) is 2.92. The van der Waals surface area contributed by atoms with E-state index >= 15 is 0 Å². The second-order valence-corrected chi connectivity index (χ2v) is 5.76. The molecule has 0 aliphatic rings. The first-order valence-corrected chi connectivity index (χ1v) is 7.46. The number of aromatic nitrogens is 1. The Kier molecular flexibility index (Phi) is 4.74. The van der Waals surface area contributed by atoms with E-state index in [0.29, 0.717) is 12.1 Å². The SMILES string of the molecule is CCc1cnc(CNC(=O)c2cc(C)ccc2NC)s1. The number of amides is 1. The van der Waals surface area contributed by atoms with Crippen LogP contribution in [0.3, 0.4) is 0 Å². The third-order valence-corrected chi connectivity index (χ3v) is 4.18. The van der Waals surface area contributed by atoms with Gasteiger partial charge in [-0.1, -0.05) is 18.6 Å². The zero-order chi connectivity index (χ0) is 14.5. The third kappa shape index (κ3) is 3.36. The van der Waals surface area contributed by atoms with Crippen molar-refractivity contribution in [3.63, 3.8) is 0 Å². The molecular formula is C15H19N3OS. The molecule has 20 heavy (non-hydrogen) atoms. The zero-order valence-corrected chi connectivity index (χ0v) is 12.8. The van der Waals surface area contributed by atoms with Crippen LogP contribution in [0, 0.1) is 6.92 Å². The topological polar surface area (TPSA) is 54.0 Å². The number of nitrogens with zero attached hydrogens (tertiary/aromatic N) is 1. The van der Waals surface area contributed by atoms with Gasteiger partial charge in [0, 0.05) is 23.8 Å². The lowest BCUT2D eigenvalue weighted by atomic mass is 10.1. The van der Waals surface area contributed by atoms with E-state index in [2.05, 4.69) is 22.5 Å². The summed E-state index contributed by atoms with van der Waals surface area (Å²) in [6.45, 7) is 4.55. The Hall–Kier alpha value is -1.88. The molecule has 2 N–H and O–H groups in total. The van der Waals surface area contributed by atoms with Crippen LogP contribution < -0.4 is 10.6 Å². The van der Waals surface area contributed by atoms with Gasteiger partial charge < -0.3 is 10.6 Å². The van der Waals surface area contributed by atoms with Crippen molar-refractivity contribution in [3.8, 4) is 0 Å². The van der Waals surface area contributed by atoms with E-state index in [1.807, 2.05) is 38.4 Å². The summed E-state index contributed by atoms with van der Waals surface area (Å²) in [7, 11) is 1.82. The number of thiazole rings is 1. The highest BCUT2D eigenvalue weighted by molar-refractivity contribution is 7.11. The van der Waals surface area contributed by atoms with Gasteiger partial charge in [0.25, 0.3) is 5.91 Å². The number of anilines is 1. The molecule has 0 spiro atoms. The van der Waals surface area contributed by atoms with Crippen LogP contribution in [0.5, 0.6) is 0 Å². The highest BCUT2D eigenvalue weighted by Crippen LogP contribution is 2.17. The van der Waals surface area contributed by atoms with E-state index in [9.17, 15) is 4.79 Å². The molecule has 0 radical (unpaired) electrons. The lowest BCUT2D eigenvalue weighted by Crippen LogP contribution is -2.23. The Balaban J connectivity index is 2.06. The first kappa shape index (κ1) is 14.5. The van der Waals surface area contributed by atoms with Gasteiger partial charge in [0.15, 0.2) is 0 Å². The minimum absolute atomic E-state index is 0.0775. The van der Waals surface area contributed by atoms with Crippen LogP contribution in [0.25, 0.3) is 0 Å². The predicted molar refractivity (Wildman–Crippen MR) is 83.4 cm³/mol. The predicted octanol–water partition coefficient (Wildman–Crippen LogP) is 2.99. The first-order chi connectivity index (χ1) is 9.63. The molecule has 0 unspecified atom stereocenters. The van der Waals surface area contributed by atoms with Crippen molar-refractivity contribution >= 4 is 22.9 Å². The number of hydrogen-bond donors (Lipinski definition) is 2. The van der Waals surface area contributed by atoms with Crippen LogP contribution in [-0.2, 0) is 13.0 Å². The van der Waals surface area contributed by atoms with E-state index < -0.39 is 0 Å². The Morgan fingerprint density at radius 2 is 2.20 bits per heavy atom. The summed E-state index contributed by atoms with van der Waals surface area (Å²) in [4.78, 5) is 17.8. The summed E-state index contributed by atoms with van der Waals surface area (Å²) < 4.78 is 0. The molecule has 1 aromatic heterocycles.